The lowest BCUT2D eigenvalue weighted by Gasteiger charge is -2.47. The Labute approximate surface area is 360 Å². The standard InChI is InChI=1S/C47H52ClFN8O2S/c48-34-7-5-31(6-8-34)39-27-47(14-2-15-47)16-11-33(39)29-56-19-21-57(22-20-56)35-9-10-38(42(24-35)59-36-23-32-13-18-53-45(32)54-28-36)46(58)55-60-37-25-40(50)43(41(51)26-37)44(49)52-17-12-30-3-1-4-30/h5-10,13,18,23-26,28,30H,1-4,11-12,14-17,19-22,27,29,50-51H2,(H,53,54)(H,55,58). The molecule has 4 aliphatic rings. The number of carbonyl (C=O) groups is 1. The van der Waals surface area contributed by atoms with Gasteiger partial charge in [0.15, 0.2) is 0 Å². The van der Waals surface area contributed by atoms with Gasteiger partial charge in [0.1, 0.15) is 17.1 Å². The summed E-state index contributed by atoms with van der Waals surface area (Å²) in [6.45, 7) is 4.91. The Hall–Kier alpha value is -5.04. The molecule has 9 rings (SSSR count). The van der Waals surface area contributed by atoms with E-state index in [1.54, 1.807) is 30.0 Å². The van der Waals surface area contributed by atoms with E-state index in [1.165, 1.54) is 62.5 Å². The van der Waals surface area contributed by atoms with Crippen LogP contribution in [0.3, 0.4) is 0 Å². The highest BCUT2D eigenvalue weighted by molar-refractivity contribution is 7.98. The lowest BCUT2D eigenvalue weighted by molar-refractivity contribution is 0.0982. The van der Waals surface area contributed by atoms with Gasteiger partial charge in [0, 0.05) is 83.9 Å². The molecule has 3 heterocycles. The number of hydrogen-bond acceptors (Lipinski definition) is 9. The van der Waals surface area contributed by atoms with Crippen molar-refractivity contribution in [2.45, 2.75) is 69.1 Å². The van der Waals surface area contributed by atoms with Crippen molar-refractivity contribution < 1.29 is 13.9 Å². The van der Waals surface area contributed by atoms with Gasteiger partial charge in [-0.05, 0) is 121 Å². The smallest absolute Gasteiger partial charge is 0.265 e. The number of nitrogens with zero attached hydrogens (tertiary/aromatic N) is 4. The number of fused-ring (bicyclic) bond motifs is 1. The maximum atomic E-state index is 15.1. The first-order chi connectivity index (χ1) is 29.2. The number of pyridine rings is 1. The summed E-state index contributed by atoms with van der Waals surface area (Å²) in [5.41, 5.74) is 19.9. The predicted molar refractivity (Wildman–Crippen MR) is 243 cm³/mol. The van der Waals surface area contributed by atoms with E-state index in [2.05, 4.69) is 41.6 Å². The van der Waals surface area contributed by atoms with E-state index in [1.807, 2.05) is 42.6 Å². The Morgan fingerprint density at radius 1 is 1.00 bits per heavy atom. The molecular formula is C47H52ClFN8O2S. The quantitative estimate of drug-likeness (QED) is 0.0522. The fourth-order valence-corrected chi connectivity index (χ4v) is 10.0. The molecule has 13 heteroatoms. The molecule has 3 aliphatic carbocycles. The molecule has 60 heavy (non-hydrogen) atoms. The third-order valence-corrected chi connectivity index (χ3v) is 14.2. The maximum absolute atomic E-state index is 15.1. The van der Waals surface area contributed by atoms with Crippen molar-refractivity contribution in [1.82, 2.24) is 19.6 Å². The zero-order valence-corrected chi connectivity index (χ0v) is 35.4. The first-order valence-electron chi connectivity index (χ1n) is 21.2. The van der Waals surface area contributed by atoms with E-state index < -0.39 is 5.97 Å². The number of piperazine rings is 1. The number of nitrogen functional groups attached to an aromatic ring is 2. The fraction of sp³-hybridized carbons (Fsp3) is 0.383. The van der Waals surface area contributed by atoms with Crippen LogP contribution in [0.25, 0.3) is 16.6 Å². The second-order valence-corrected chi connectivity index (χ2v) is 18.3. The molecule has 3 aromatic carbocycles. The second kappa shape index (κ2) is 17.5. The van der Waals surface area contributed by atoms with Crippen molar-refractivity contribution in [3.63, 3.8) is 0 Å². The third-order valence-electron chi connectivity index (χ3n) is 13.2. The van der Waals surface area contributed by atoms with Crippen molar-refractivity contribution in [2.24, 2.45) is 16.3 Å². The number of allylic oxidation sites excluding steroid dienone is 1. The molecule has 10 nitrogen and oxygen atoms in total. The lowest BCUT2D eigenvalue weighted by atomic mass is 9.59. The number of halogens is 2. The van der Waals surface area contributed by atoms with Crippen molar-refractivity contribution >= 4 is 69.1 Å². The molecule has 0 unspecified atom stereocenters. The summed E-state index contributed by atoms with van der Waals surface area (Å²) in [4.78, 5) is 31.1. The minimum atomic E-state index is -0.660. The van der Waals surface area contributed by atoms with Crippen molar-refractivity contribution in [3.05, 3.63) is 106 Å². The SMILES string of the molecule is Nc1cc(SNC(=O)c2ccc(N3CCN(CC4=C(c5ccc(Cl)cc5)CC5(CCC5)CC4)CC3)cc2Oc2cnc3[nH]ccc3c2)cc(N)c1C(F)=NCCC1CCC1. The first-order valence-corrected chi connectivity index (χ1v) is 22.4. The monoisotopic (exact) mass is 846 g/mol. The summed E-state index contributed by atoms with van der Waals surface area (Å²) in [6, 6.07) is 21.2. The van der Waals surface area contributed by atoms with Gasteiger partial charge < -0.3 is 26.1 Å². The van der Waals surface area contributed by atoms with Crippen molar-refractivity contribution in [2.75, 3.05) is 55.6 Å². The lowest BCUT2D eigenvalue weighted by Crippen LogP contribution is -2.47. The number of hydrogen-bond donors (Lipinski definition) is 4. The molecular weight excluding hydrogens is 795 g/mol. The highest BCUT2D eigenvalue weighted by Gasteiger charge is 2.41. The van der Waals surface area contributed by atoms with Crippen LogP contribution in [-0.4, -0.2) is 66.0 Å². The minimum Gasteiger partial charge on any atom is -0.455 e. The van der Waals surface area contributed by atoms with Gasteiger partial charge >= 0.3 is 0 Å². The van der Waals surface area contributed by atoms with Crippen LogP contribution in [0.5, 0.6) is 11.5 Å². The highest BCUT2D eigenvalue weighted by atomic mass is 35.5. The topological polar surface area (TPSA) is 138 Å². The van der Waals surface area contributed by atoms with Gasteiger partial charge in [-0.3, -0.25) is 19.4 Å². The van der Waals surface area contributed by atoms with E-state index in [9.17, 15) is 4.79 Å². The average Bonchev–Trinajstić information content (AvgIpc) is 3.69. The van der Waals surface area contributed by atoms with E-state index in [-0.39, 0.29) is 22.8 Å². The Balaban J connectivity index is 0.893. The van der Waals surface area contributed by atoms with Gasteiger partial charge in [0.25, 0.3) is 5.91 Å². The van der Waals surface area contributed by atoms with E-state index >= 15 is 4.39 Å². The number of ether oxygens (including phenoxy) is 1. The van der Waals surface area contributed by atoms with E-state index in [0.717, 1.165) is 79.3 Å². The molecule has 0 radical (unpaired) electrons. The molecule has 1 saturated heterocycles. The number of aromatic nitrogens is 2. The summed E-state index contributed by atoms with van der Waals surface area (Å²) in [7, 11) is 0. The zero-order valence-electron chi connectivity index (χ0n) is 33.8. The van der Waals surface area contributed by atoms with Crippen LogP contribution in [0.4, 0.5) is 21.5 Å². The van der Waals surface area contributed by atoms with Gasteiger partial charge in [-0.25, -0.2) is 4.98 Å². The molecule has 1 amide bonds. The van der Waals surface area contributed by atoms with Crippen LogP contribution < -0.4 is 25.8 Å². The summed E-state index contributed by atoms with van der Waals surface area (Å²) in [6.07, 6.45) is 15.6. The Morgan fingerprint density at radius 3 is 2.50 bits per heavy atom. The molecule has 1 aliphatic heterocycles. The molecule has 5 aromatic rings. The number of anilines is 3. The maximum Gasteiger partial charge on any atom is 0.265 e. The van der Waals surface area contributed by atoms with E-state index in [0.29, 0.717) is 39.8 Å². The van der Waals surface area contributed by atoms with Crippen molar-refractivity contribution in [1.29, 1.82) is 0 Å². The largest absolute Gasteiger partial charge is 0.455 e. The summed E-state index contributed by atoms with van der Waals surface area (Å²) in [5, 5.41) is 1.67. The van der Waals surface area contributed by atoms with Crippen LogP contribution >= 0.6 is 23.5 Å². The summed E-state index contributed by atoms with van der Waals surface area (Å²) < 4.78 is 24.4. The number of amides is 1. The highest BCUT2D eigenvalue weighted by Crippen LogP contribution is 2.55. The number of nitrogens with one attached hydrogen (secondary N) is 2. The van der Waals surface area contributed by atoms with Crippen molar-refractivity contribution in [3.8, 4) is 11.5 Å². The number of carbonyl (C=O) groups excluding carboxylic acids is 1. The van der Waals surface area contributed by atoms with Gasteiger partial charge in [-0.2, -0.15) is 4.39 Å². The second-order valence-electron chi connectivity index (χ2n) is 17.0. The zero-order chi connectivity index (χ0) is 41.2. The van der Waals surface area contributed by atoms with Crippen LogP contribution in [0, 0.1) is 11.3 Å². The molecule has 1 spiro atoms. The molecule has 0 bridgehead atoms. The number of nitrogens with two attached hydrogens (primary N) is 2. The average molecular weight is 848 g/mol. The number of aliphatic imine (C=N–C) groups is 1. The predicted octanol–water partition coefficient (Wildman–Crippen LogP) is 10.4. The van der Waals surface area contributed by atoms with Crippen LogP contribution in [0.2, 0.25) is 5.02 Å². The normalized spacial score (nSPS) is 18.4. The molecule has 6 N–H and O–H groups in total. The Kier molecular flexibility index (Phi) is 11.8. The number of rotatable bonds is 13. The molecule has 2 aromatic heterocycles. The Bertz CT molecular complexity index is 2410. The van der Waals surface area contributed by atoms with Gasteiger partial charge in [-0.1, -0.05) is 55.0 Å². The third kappa shape index (κ3) is 8.87. The van der Waals surface area contributed by atoms with Gasteiger partial charge in [-0.15, -0.1) is 0 Å². The number of H-pyrrole nitrogens is 1. The van der Waals surface area contributed by atoms with Crippen LogP contribution in [-0.2, 0) is 0 Å². The first kappa shape index (κ1) is 40.4. The summed E-state index contributed by atoms with van der Waals surface area (Å²) >= 11 is 7.34. The Morgan fingerprint density at radius 2 is 1.78 bits per heavy atom. The fourth-order valence-electron chi connectivity index (χ4n) is 9.23. The van der Waals surface area contributed by atoms with Crippen LogP contribution in [0.1, 0.15) is 85.7 Å². The molecule has 3 fully saturated rings. The van der Waals surface area contributed by atoms with Crippen LogP contribution in [0.15, 0.2) is 94.6 Å². The van der Waals surface area contributed by atoms with E-state index in [4.69, 9.17) is 27.8 Å². The molecule has 312 valence electrons. The number of benzene rings is 3. The number of aromatic amines is 1. The van der Waals surface area contributed by atoms with Gasteiger partial charge in [0.05, 0.1) is 17.3 Å². The molecule has 2 saturated carbocycles. The van der Waals surface area contributed by atoms with Gasteiger partial charge in [0.2, 0.25) is 5.97 Å². The minimum absolute atomic E-state index is 0.0926. The summed E-state index contributed by atoms with van der Waals surface area (Å²) in [5.74, 6) is 0.518. The molecule has 0 atom stereocenters.